The zero-order valence-electron chi connectivity index (χ0n) is 10.1. The number of nitrogens with two attached hydrogens (primary N) is 1. The first-order valence-corrected chi connectivity index (χ1v) is 6.32. The number of rotatable bonds is 5. The first-order chi connectivity index (χ1) is 8.79. The fourth-order valence-electron chi connectivity index (χ4n) is 1.79. The topological polar surface area (TPSA) is 35.2 Å². The fraction of sp³-hybridized carbons (Fsp3) is 0.200. The van der Waals surface area contributed by atoms with Gasteiger partial charge in [-0.25, -0.2) is 0 Å². The van der Waals surface area contributed by atoms with Crippen LogP contribution in [0.4, 0.5) is 0 Å². The highest BCUT2D eigenvalue weighted by Gasteiger charge is 2.02. The molecule has 0 heterocycles. The third-order valence-corrected chi connectivity index (χ3v) is 2.99. The van der Waals surface area contributed by atoms with Gasteiger partial charge in [-0.05, 0) is 48.4 Å². The maximum absolute atomic E-state index is 5.83. The summed E-state index contributed by atoms with van der Waals surface area (Å²) < 4.78 is 5.73. The summed E-state index contributed by atoms with van der Waals surface area (Å²) >= 11 is 5.83. The molecule has 2 rings (SSSR count). The molecule has 0 amide bonds. The van der Waals surface area contributed by atoms with Crippen LogP contribution in [0.3, 0.4) is 0 Å². The first kappa shape index (κ1) is 12.9. The molecule has 0 aliphatic rings. The summed E-state index contributed by atoms with van der Waals surface area (Å²) in [6.45, 7) is 1.20. The number of benzene rings is 2. The first-order valence-electron chi connectivity index (χ1n) is 5.95. The van der Waals surface area contributed by atoms with Gasteiger partial charge in [0.25, 0.3) is 0 Å². The number of hydrogen-bond acceptors (Lipinski definition) is 2. The zero-order chi connectivity index (χ0) is 12.8. The van der Waals surface area contributed by atoms with Gasteiger partial charge in [0.1, 0.15) is 12.4 Å². The molecule has 0 aromatic heterocycles. The highest BCUT2D eigenvalue weighted by Crippen LogP contribution is 2.18. The van der Waals surface area contributed by atoms with Gasteiger partial charge in [-0.3, -0.25) is 0 Å². The Hall–Kier alpha value is -1.51. The second-order valence-electron chi connectivity index (χ2n) is 4.05. The quantitative estimate of drug-likeness (QED) is 0.895. The van der Waals surface area contributed by atoms with Crippen LogP contribution in [0, 0.1) is 0 Å². The Bertz CT molecular complexity index is 496. The van der Waals surface area contributed by atoms with Crippen LogP contribution in [0.15, 0.2) is 48.5 Å². The van der Waals surface area contributed by atoms with E-state index in [4.69, 9.17) is 22.1 Å². The van der Waals surface area contributed by atoms with E-state index in [2.05, 4.69) is 12.1 Å². The van der Waals surface area contributed by atoms with E-state index in [0.29, 0.717) is 18.2 Å². The molecular formula is C15H16ClNO. The maximum Gasteiger partial charge on any atom is 0.119 e. The molecule has 18 heavy (non-hydrogen) atoms. The van der Waals surface area contributed by atoms with Crippen molar-refractivity contribution >= 4 is 11.6 Å². The van der Waals surface area contributed by atoms with Crippen molar-refractivity contribution in [2.24, 2.45) is 5.73 Å². The Morgan fingerprint density at radius 2 is 1.61 bits per heavy atom. The third-order valence-electron chi connectivity index (χ3n) is 2.74. The summed E-state index contributed by atoms with van der Waals surface area (Å²) in [6, 6.07) is 15.6. The molecule has 0 spiro atoms. The molecule has 0 radical (unpaired) electrons. The Morgan fingerprint density at radius 3 is 2.28 bits per heavy atom. The van der Waals surface area contributed by atoms with E-state index in [9.17, 15) is 0 Å². The second-order valence-corrected chi connectivity index (χ2v) is 4.49. The normalized spacial score (nSPS) is 10.3. The minimum atomic E-state index is 0.553. The molecule has 2 aromatic carbocycles. The van der Waals surface area contributed by atoms with E-state index in [0.717, 1.165) is 12.2 Å². The van der Waals surface area contributed by atoms with Crippen LogP contribution in [-0.4, -0.2) is 6.54 Å². The SMILES string of the molecule is NCCc1ccccc1COc1ccc(Cl)cc1. The van der Waals surface area contributed by atoms with Crippen molar-refractivity contribution in [3.05, 3.63) is 64.7 Å². The molecule has 94 valence electrons. The number of hydrogen-bond donors (Lipinski definition) is 1. The Kier molecular flexibility index (Phi) is 4.62. The minimum Gasteiger partial charge on any atom is -0.489 e. The van der Waals surface area contributed by atoms with Crippen LogP contribution in [0.25, 0.3) is 0 Å². The molecule has 0 atom stereocenters. The number of ether oxygens (including phenoxy) is 1. The van der Waals surface area contributed by atoms with Crippen LogP contribution in [0.2, 0.25) is 5.02 Å². The third kappa shape index (κ3) is 3.49. The van der Waals surface area contributed by atoms with Crippen molar-refractivity contribution in [2.75, 3.05) is 6.54 Å². The summed E-state index contributed by atoms with van der Waals surface area (Å²) in [5, 5.41) is 0.714. The summed E-state index contributed by atoms with van der Waals surface area (Å²) in [4.78, 5) is 0. The molecule has 2 aromatic rings. The van der Waals surface area contributed by atoms with E-state index < -0.39 is 0 Å². The van der Waals surface area contributed by atoms with E-state index >= 15 is 0 Å². The van der Waals surface area contributed by atoms with Gasteiger partial charge in [0.2, 0.25) is 0 Å². The van der Waals surface area contributed by atoms with Crippen LogP contribution < -0.4 is 10.5 Å². The summed E-state index contributed by atoms with van der Waals surface area (Å²) in [5.41, 5.74) is 8.02. The van der Waals surface area contributed by atoms with Crippen molar-refractivity contribution in [3.8, 4) is 5.75 Å². The lowest BCUT2D eigenvalue weighted by molar-refractivity contribution is 0.305. The molecular weight excluding hydrogens is 246 g/mol. The van der Waals surface area contributed by atoms with Crippen LogP contribution in [0.5, 0.6) is 5.75 Å². The van der Waals surface area contributed by atoms with E-state index in [1.807, 2.05) is 36.4 Å². The molecule has 3 heteroatoms. The van der Waals surface area contributed by atoms with Gasteiger partial charge in [0.15, 0.2) is 0 Å². The standard InChI is InChI=1S/C15H16ClNO/c16-14-5-7-15(8-6-14)18-11-13-4-2-1-3-12(13)9-10-17/h1-8H,9-11,17H2. The molecule has 0 unspecified atom stereocenters. The van der Waals surface area contributed by atoms with Gasteiger partial charge >= 0.3 is 0 Å². The van der Waals surface area contributed by atoms with Gasteiger partial charge in [0, 0.05) is 5.02 Å². The van der Waals surface area contributed by atoms with Crippen LogP contribution in [-0.2, 0) is 13.0 Å². The molecule has 2 N–H and O–H groups in total. The lowest BCUT2D eigenvalue weighted by atomic mass is 10.1. The van der Waals surface area contributed by atoms with Crippen molar-refractivity contribution in [3.63, 3.8) is 0 Å². The van der Waals surface area contributed by atoms with Crippen LogP contribution >= 0.6 is 11.6 Å². The largest absolute Gasteiger partial charge is 0.489 e. The number of halogens is 1. The van der Waals surface area contributed by atoms with E-state index in [-0.39, 0.29) is 0 Å². The minimum absolute atomic E-state index is 0.553. The fourth-order valence-corrected chi connectivity index (χ4v) is 1.92. The molecule has 2 nitrogen and oxygen atoms in total. The zero-order valence-corrected chi connectivity index (χ0v) is 10.9. The van der Waals surface area contributed by atoms with E-state index in [1.165, 1.54) is 11.1 Å². The highest BCUT2D eigenvalue weighted by molar-refractivity contribution is 6.30. The van der Waals surface area contributed by atoms with Gasteiger partial charge in [-0.1, -0.05) is 35.9 Å². The Balaban J connectivity index is 2.03. The summed E-state index contributed by atoms with van der Waals surface area (Å²) in [5.74, 6) is 0.821. The molecule has 0 aliphatic carbocycles. The Labute approximate surface area is 112 Å². The molecule has 0 fully saturated rings. The second kappa shape index (κ2) is 6.43. The summed E-state index contributed by atoms with van der Waals surface area (Å²) in [7, 11) is 0. The lowest BCUT2D eigenvalue weighted by Crippen LogP contribution is -2.06. The maximum atomic E-state index is 5.83. The van der Waals surface area contributed by atoms with Gasteiger partial charge in [-0.2, -0.15) is 0 Å². The van der Waals surface area contributed by atoms with Crippen molar-refractivity contribution in [1.82, 2.24) is 0 Å². The lowest BCUT2D eigenvalue weighted by Gasteiger charge is -2.10. The van der Waals surface area contributed by atoms with Crippen molar-refractivity contribution in [2.45, 2.75) is 13.0 Å². The highest BCUT2D eigenvalue weighted by atomic mass is 35.5. The van der Waals surface area contributed by atoms with Crippen LogP contribution in [0.1, 0.15) is 11.1 Å². The molecule has 0 aliphatic heterocycles. The predicted octanol–water partition coefficient (Wildman–Crippen LogP) is 3.42. The summed E-state index contributed by atoms with van der Waals surface area (Å²) in [6.07, 6.45) is 0.875. The van der Waals surface area contributed by atoms with Gasteiger partial charge in [-0.15, -0.1) is 0 Å². The molecule has 0 saturated heterocycles. The average molecular weight is 262 g/mol. The van der Waals surface area contributed by atoms with Crippen molar-refractivity contribution in [1.29, 1.82) is 0 Å². The van der Waals surface area contributed by atoms with Crippen molar-refractivity contribution < 1.29 is 4.74 Å². The van der Waals surface area contributed by atoms with E-state index in [1.54, 1.807) is 0 Å². The molecule has 0 bridgehead atoms. The smallest absolute Gasteiger partial charge is 0.119 e. The monoisotopic (exact) mass is 261 g/mol. The molecule has 0 saturated carbocycles. The van der Waals surface area contributed by atoms with Gasteiger partial charge in [0.05, 0.1) is 0 Å². The Morgan fingerprint density at radius 1 is 0.944 bits per heavy atom. The average Bonchev–Trinajstić information content (AvgIpc) is 2.40. The predicted molar refractivity (Wildman–Crippen MR) is 75.0 cm³/mol. The van der Waals surface area contributed by atoms with Gasteiger partial charge < -0.3 is 10.5 Å².